The summed E-state index contributed by atoms with van der Waals surface area (Å²) in [6, 6.07) is 5.62. The van der Waals surface area contributed by atoms with Crippen LogP contribution in [0.1, 0.15) is 4.88 Å². The molecule has 90 valence electrons. The number of thiophene rings is 1. The van der Waals surface area contributed by atoms with Gasteiger partial charge in [-0.15, -0.1) is 11.3 Å². The second-order valence-electron chi connectivity index (χ2n) is 3.23. The molecule has 0 atom stereocenters. The number of nitrogens with two attached hydrogens (primary N) is 1. The molecule has 0 aliphatic rings. The third-order valence-corrected chi connectivity index (χ3v) is 3.53. The standard InChI is InChI=1S/C10H10Cl2N4S/c11-7-4-8(12)10(16-13)15-9(7)14-5-6-2-1-3-17-6/h1-4H,5,13H2,(H2,14,15,16). The Balaban J connectivity index is 2.15. The van der Waals surface area contributed by atoms with E-state index < -0.39 is 0 Å². The number of hydrazine groups is 1. The van der Waals surface area contributed by atoms with E-state index in [1.165, 1.54) is 4.88 Å². The molecule has 0 unspecified atom stereocenters. The van der Waals surface area contributed by atoms with Crippen LogP contribution in [-0.2, 0) is 6.54 Å². The van der Waals surface area contributed by atoms with Crippen molar-refractivity contribution in [3.05, 3.63) is 38.5 Å². The lowest BCUT2D eigenvalue weighted by Gasteiger charge is -2.09. The molecule has 0 radical (unpaired) electrons. The SMILES string of the molecule is NNc1nc(NCc2cccs2)c(Cl)cc1Cl. The molecule has 0 bridgehead atoms. The summed E-state index contributed by atoms with van der Waals surface area (Å²) in [4.78, 5) is 5.38. The van der Waals surface area contributed by atoms with Gasteiger partial charge in [-0.1, -0.05) is 29.3 Å². The van der Waals surface area contributed by atoms with Gasteiger partial charge < -0.3 is 10.7 Å². The van der Waals surface area contributed by atoms with Crippen LogP contribution < -0.4 is 16.6 Å². The topological polar surface area (TPSA) is 63.0 Å². The molecule has 0 amide bonds. The summed E-state index contributed by atoms with van der Waals surface area (Å²) in [6.07, 6.45) is 0. The van der Waals surface area contributed by atoms with Crippen molar-refractivity contribution in [1.29, 1.82) is 0 Å². The van der Waals surface area contributed by atoms with Crippen molar-refractivity contribution in [3.63, 3.8) is 0 Å². The van der Waals surface area contributed by atoms with Crippen LogP contribution in [0, 0.1) is 0 Å². The van der Waals surface area contributed by atoms with E-state index in [1.54, 1.807) is 17.4 Å². The first kappa shape index (κ1) is 12.4. The van der Waals surface area contributed by atoms with Crippen LogP contribution in [0.5, 0.6) is 0 Å². The Kier molecular flexibility index (Phi) is 4.06. The van der Waals surface area contributed by atoms with Gasteiger partial charge in [-0.25, -0.2) is 10.8 Å². The van der Waals surface area contributed by atoms with Gasteiger partial charge in [0.2, 0.25) is 0 Å². The van der Waals surface area contributed by atoms with Gasteiger partial charge in [0.25, 0.3) is 0 Å². The van der Waals surface area contributed by atoms with E-state index in [4.69, 9.17) is 29.0 Å². The smallest absolute Gasteiger partial charge is 0.161 e. The summed E-state index contributed by atoms with van der Waals surface area (Å²) in [5.74, 6) is 6.24. The summed E-state index contributed by atoms with van der Waals surface area (Å²) < 4.78 is 0. The van der Waals surface area contributed by atoms with E-state index in [-0.39, 0.29) is 0 Å². The monoisotopic (exact) mass is 288 g/mol. The zero-order valence-electron chi connectivity index (χ0n) is 8.71. The van der Waals surface area contributed by atoms with Gasteiger partial charge in [-0.3, -0.25) is 0 Å². The molecule has 0 spiro atoms. The van der Waals surface area contributed by atoms with Crippen LogP contribution in [0.15, 0.2) is 23.6 Å². The number of aromatic nitrogens is 1. The van der Waals surface area contributed by atoms with E-state index in [9.17, 15) is 0 Å². The van der Waals surface area contributed by atoms with Crippen LogP contribution in [0.4, 0.5) is 11.6 Å². The number of nitrogens with zero attached hydrogens (tertiary/aromatic N) is 1. The minimum atomic E-state index is 0.388. The molecular weight excluding hydrogens is 279 g/mol. The zero-order valence-corrected chi connectivity index (χ0v) is 11.0. The normalized spacial score (nSPS) is 10.3. The highest BCUT2D eigenvalue weighted by atomic mass is 35.5. The van der Waals surface area contributed by atoms with Crippen molar-refractivity contribution < 1.29 is 0 Å². The Morgan fingerprint density at radius 1 is 1.29 bits per heavy atom. The van der Waals surface area contributed by atoms with E-state index in [2.05, 4.69) is 15.7 Å². The first-order valence-corrected chi connectivity index (χ1v) is 6.43. The van der Waals surface area contributed by atoms with Crippen molar-refractivity contribution in [3.8, 4) is 0 Å². The van der Waals surface area contributed by atoms with E-state index in [0.717, 1.165) is 0 Å². The van der Waals surface area contributed by atoms with E-state index >= 15 is 0 Å². The Labute approximate surface area is 113 Å². The molecule has 0 aliphatic heterocycles. The fourth-order valence-corrected chi connectivity index (χ4v) is 2.40. The molecule has 0 saturated heterocycles. The van der Waals surface area contributed by atoms with Crippen molar-refractivity contribution in [2.75, 3.05) is 10.7 Å². The van der Waals surface area contributed by atoms with Gasteiger partial charge in [-0.05, 0) is 17.5 Å². The molecule has 0 fully saturated rings. The summed E-state index contributed by atoms with van der Waals surface area (Å²) in [5, 5.41) is 6.00. The van der Waals surface area contributed by atoms with Gasteiger partial charge in [0.1, 0.15) is 5.82 Å². The summed E-state index contributed by atoms with van der Waals surface area (Å²) in [6.45, 7) is 0.663. The fraction of sp³-hybridized carbons (Fsp3) is 0.100. The average molecular weight is 289 g/mol. The van der Waals surface area contributed by atoms with Crippen LogP contribution in [0.25, 0.3) is 0 Å². The maximum Gasteiger partial charge on any atom is 0.161 e. The Morgan fingerprint density at radius 2 is 2.06 bits per heavy atom. The van der Waals surface area contributed by atoms with Gasteiger partial charge in [0, 0.05) is 4.88 Å². The molecule has 0 aliphatic carbocycles. The summed E-state index contributed by atoms with van der Waals surface area (Å²) in [5.41, 5.74) is 2.42. The van der Waals surface area contributed by atoms with Gasteiger partial charge in [-0.2, -0.15) is 0 Å². The third kappa shape index (κ3) is 3.01. The number of hydrogen-bond acceptors (Lipinski definition) is 5. The number of nitrogen functional groups attached to an aromatic ring is 1. The molecule has 4 nitrogen and oxygen atoms in total. The Bertz CT molecular complexity index is 501. The van der Waals surface area contributed by atoms with Crippen molar-refractivity contribution in [2.24, 2.45) is 5.84 Å². The zero-order chi connectivity index (χ0) is 12.3. The average Bonchev–Trinajstić information content (AvgIpc) is 2.81. The van der Waals surface area contributed by atoms with Gasteiger partial charge in [0.05, 0.1) is 16.6 Å². The maximum absolute atomic E-state index is 6.02. The van der Waals surface area contributed by atoms with E-state index in [0.29, 0.717) is 28.2 Å². The summed E-state index contributed by atoms with van der Waals surface area (Å²) in [7, 11) is 0. The van der Waals surface area contributed by atoms with Gasteiger partial charge in [0.15, 0.2) is 5.82 Å². The molecule has 0 saturated carbocycles. The number of anilines is 2. The van der Waals surface area contributed by atoms with Crippen molar-refractivity contribution in [2.45, 2.75) is 6.54 Å². The molecule has 0 aromatic carbocycles. The first-order valence-electron chi connectivity index (χ1n) is 4.79. The largest absolute Gasteiger partial charge is 0.364 e. The van der Waals surface area contributed by atoms with Crippen LogP contribution in [-0.4, -0.2) is 4.98 Å². The lowest BCUT2D eigenvalue weighted by atomic mass is 10.4. The highest BCUT2D eigenvalue weighted by Crippen LogP contribution is 2.29. The van der Waals surface area contributed by atoms with Crippen molar-refractivity contribution in [1.82, 2.24) is 4.98 Å². The number of halogens is 2. The van der Waals surface area contributed by atoms with Crippen LogP contribution in [0.3, 0.4) is 0 Å². The van der Waals surface area contributed by atoms with E-state index in [1.807, 2.05) is 17.5 Å². The second kappa shape index (κ2) is 5.55. The molecule has 2 heterocycles. The summed E-state index contributed by atoms with van der Waals surface area (Å²) >= 11 is 13.6. The Hall–Kier alpha value is -1.01. The number of nitrogens with one attached hydrogen (secondary N) is 2. The molecule has 4 N–H and O–H groups in total. The number of pyridine rings is 1. The van der Waals surface area contributed by atoms with Crippen LogP contribution in [0.2, 0.25) is 10.0 Å². The van der Waals surface area contributed by atoms with Crippen molar-refractivity contribution >= 4 is 46.2 Å². The molecular formula is C10H10Cl2N4S. The number of rotatable bonds is 4. The predicted octanol–water partition coefficient (Wildman–Crippen LogP) is 3.35. The fourth-order valence-electron chi connectivity index (χ4n) is 1.28. The predicted molar refractivity (Wildman–Crippen MR) is 73.7 cm³/mol. The highest BCUT2D eigenvalue weighted by Gasteiger charge is 2.08. The quantitative estimate of drug-likeness (QED) is 0.596. The minimum absolute atomic E-state index is 0.388. The molecule has 17 heavy (non-hydrogen) atoms. The second-order valence-corrected chi connectivity index (χ2v) is 5.07. The lowest BCUT2D eigenvalue weighted by molar-refractivity contribution is 1.13. The number of hydrogen-bond donors (Lipinski definition) is 3. The highest BCUT2D eigenvalue weighted by molar-refractivity contribution is 7.09. The molecule has 2 rings (SSSR count). The molecule has 2 aromatic rings. The van der Waals surface area contributed by atoms with Crippen LogP contribution >= 0.6 is 34.5 Å². The molecule has 7 heteroatoms. The minimum Gasteiger partial charge on any atom is -0.364 e. The first-order chi connectivity index (χ1) is 8.20. The Morgan fingerprint density at radius 3 is 2.71 bits per heavy atom. The maximum atomic E-state index is 6.02. The van der Waals surface area contributed by atoms with Gasteiger partial charge >= 0.3 is 0 Å². The molecule has 2 aromatic heterocycles. The third-order valence-electron chi connectivity index (χ3n) is 2.08. The lowest BCUT2D eigenvalue weighted by Crippen LogP contribution is -2.11.